The number of benzene rings is 3. The van der Waals surface area contributed by atoms with Crippen molar-refractivity contribution in [2.75, 3.05) is 6.54 Å². The van der Waals surface area contributed by atoms with Gasteiger partial charge in [0.2, 0.25) is 5.91 Å². The van der Waals surface area contributed by atoms with Gasteiger partial charge in [0, 0.05) is 26.1 Å². The van der Waals surface area contributed by atoms with Crippen LogP contribution in [0.2, 0.25) is 0 Å². The number of carbonyl (C=O) groups excluding carboxylic acids is 2. The Kier molecular flexibility index (Phi) is 7.28. The predicted molar refractivity (Wildman–Crippen MR) is 141 cm³/mol. The van der Waals surface area contributed by atoms with Crippen LogP contribution in [0.1, 0.15) is 29.5 Å². The highest BCUT2D eigenvalue weighted by Gasteiger charge is 2.48. The van der Waals surface area contributed by atoms with E-state index in [1.54, 1.807) is 0 Å². The summed E-state index contributed by atoms with van der Waals surface area (Å²) in [6.07, 6.45) is 0.435. The quantitative estimate of drug-likeness (QED) is 0.356. The minimum Gasteiger partial charge on any atom is -0.459 e. The van der Waals surface area contributed by atoms with Crippen LogP contribution in [0.3, 0.4) is 0 Å². The first-order chi connectivity index (χ1) is 17.6. The van der Waals surface area contributed by atoms with E-state index in [9.17, 15) is 9.59 Å². The molecule has 5 rings (SSSR count). The second-order valence-electron chi connectivity index (χ2n) is 9.19. The first-order valence-electron chi connectivity index (χ1n) is 12.3. The summed E-state index contributed by atoms with van der Waals surface area (Å²) in [6.45, 7) is 2.01. The molecule has 1 amide bonds. The number of ether oxygens (including phenoxy) is 1. The van der Waals surface area contributed by atoms with Crippen molar-refractivity contribution < 1.29 is 14.3 Å². The van der Waals surface area contributed by atoms with Gasteiger partial charge < -0.3 is 19.4 Å². The third-order valence-corrected chi connectivity index (χ3v) is 7.23. The van der Waals surface area contributed by atoms with Crippen molar-refractivity contribution in [3.63, 3.8) is 0 Å². The molecule has 36 heavy (non-hydrogen) atoms. The fourth-order valence-electron chi connectivity index (χ4n) is 4.94. The molecule has 0 radical (unpaired) electrons. The topological polar surface area (TPSA) is 53.1 Å². The van der Waals surface area contributed by atoms with E-state index in [1.807, 2.05) is 88.7 Å². The van der Waals surface area contributed by atoms with Crippen LogP contribution in [0, 0.1) is 0 Å². The van der Waals surface area contributed by atoms with Crippen LogP contribution in [0.25, 0.3) is 0 Å². The van der Waals surface area contributed by atoms with E-state index in [2.05, 4.69) is 17.0 Å². The maximum absolute atomic E-state index is 13.4. The summed E-state index contributed by atoms with van der Waals surface area (Å²) in [5.74, 6) is -0.471. The summed E-state index contributed by atoms with van der Waals surface area (Å²) in [7, 11) is 0. The van der Waals surface area contributed by atoms with Crippen molar-refractivity contribution in [2.24, 2.45) is 0 Å². The molecule has 0 aromatic heterocycles. The highest BCUT2D eigenvalue weighted by Crippen LogP contribution is 2.32. The van der Waals surface area contributed by atoms with E-state index in [4.69, 9.17) is 17.0 Å². The van der Waals surface area contributed by atoms with Crippen molar-refractivity contribution in [3.8, 4) is 0 Å². The molecule has 3 aromatic carbocycles. The second-order valence-corrected chi connectivity index (χ2v) is 9.55. The van der Waals surface area contributed by atoms with Crippen LogP contribution in [-0.2, 0) is 34.0 Å². The van der Waals surface area contributed by atoms with Crippen LogP contribution in [0.4, 0.5) is 0 Å². The lowest BCUT2D eigenvalue weighted by Crippen LogP contribution is -2.69. The number of rotatable bonds is 7. The van der Waals surface area contributed by atoms with Gasteiger partial charge in [-0.05, 0) is 28.9 Å². The van der Waals surface area contributed by atoms with Crippen molar-refractivity contribution >= 4 is 29.2 Å². The Labute approximate surface area is 217 Å². The van der Waals surface area contributed by atoms with Crippen LogP contribution < -0.4 is 0 Å². The Morgan fingerprint density at radius 3 is 2.00 bits per heavy atom. The Balaban J connectivity index is 1.39. The number of amides is 1. The Hall–Kier alpha value is -3.71. The third-order valence-electron chi connectivity index (χ3n) is 6.76. The van der Waals surface area contributed by atoms with E-state index in [1.165, 1.54) is 0 Å². The number of nitrogens with zero attached hydrogens (tertiary/aromatic N) is 3. The molecule has 7 heteroatoms. The summed E-state index contributed by atoms with van der Waals surface area (Å²) < 4.78 is 5.69. The van der Waals surface area contributed by atoms with Crippen LogP contribution in [0.15, 0.2) is 91.0 Å². The third kappa shape index (κ3) is 5.26. The van der Waals surface area contributed by atoms with Gasteiger partial charge in [-0.1, -0.05) is 91.0 Å². The number of esters is 1. The molecule has 2 aliphatic heterocycles. The van der Waals surface area contributed by atoms with Gasteiger partial charge in [-0.25, -0.2) is 4.79 Å². The first-order valence-corrected chi connectivity index (χ1v) is 12.7. The number of thiocarbonyl (C=S) groups is 1. The highest BCUT2D eigenvalue weighted by molar-refractivity contribution is 7.80. The summed E-state index contributed by atoms with van der Waals surface area (Å²) in [5.41, 5.74) is 3.10. The van der Waals surface area contributed by atoms with Crippen molar-refractivity contribution in [1.29, 1.82) is 0 Å². The predicted octanol–water partition coefficient (Wildman–Crippen LogP) is 4.35. The molecule has 2 fully saturated rings. The lowest BCUT2D eigenvalue weighted by Gasteiger charge is -2.53. The minimum atomic E-state index is -0.746. The van der Waals surface area contributed by atoms with Crippen LogP contribution in [0.5, 0.6) is 0 Å². The average Bonchev–Trinajstić information content (AvgIpc) is 2.92. The minimum absolute atomic E-state index is 0.0380. The molecule has 2 aliphatic rings. The van der Waals surface area contributed by atoms with Gasteiger partial charge in [0.1, 0.15) is 18.8 Å². The van der Waals surface area contributed by atoms with E-state index in [0.29, 0.717) is 31.2 Å². The summed E-state index contributed by atoms with van der Waals surface area (Å²) in [5, 5.41) is 0.585. The molecule has 2 heterocycles. The molecule has 184 valence electrons. The lowest BCUT2D eigenvalue weighted by atomic mass is 10.0. The smallest absolute Gasteiger partial charge is 0.329 e. The number of fused-ring (bicyclic) bond motifs is 1. The molecule has 2 unspecified atom stereocenters. The first kappa shape index (κ1) is 24.0. The number of hydrogen-bond donors (Lipinski definition) is 0. The van der Waals surface area contributed by atoms with Gasteiger partial charge in [0.15, 0.2) is 5.11 Å². The maximum Gasteiger partial charge on any atom is 0.329 e. The molecular weight excluding hydrogens is 470 g/mol. The molecule has 0 aliphatic carbocycles. The Morgan fingerprint density at radius 1 is 0.833 bits per heavy atom. The van der Waals surface area contributed by atoms with Gasteiger partial charge in [-0.3, -0.25) is 4.79 Å². The van der Waals surface area contributed by atoms with Crippen LogP contribution >= 0.6 is 12.2 Å². The normalized spacial score (nSPS) is 19.7. The van der Waals surface area contributed by atoms with Crippen molar-refractivity contribution in [3.05, 3.63) is 108 Å². The van der Waals surface area contributed by atoms with Gasteiger partial charge in [-0.2, -0.15) is 0 Å². The molecule has 0 bridgehead atoms. The zero-order chi connectivity index (χ0) is 24.9. The summed E-state index contributed by atoms with van der Waals surface area (Å²) in [6, 6.07) is 28.9. The standard InChI is InChI=1S/C29H29N3O3S/c33-27-18-25(28(34)35-21-24-14-8-3-9-15-24)32-26(31(27)20-23-12-6-2-7-13-23)16-17-30(29(32)36)19-22-10-4-1-5-11-22/h1-15,25-26H,16-21H2. The van der Waals surface area contributed by atoms with Gasteiger partial charge >= 0.3 is 5.97 Å². The SMILES string of the molecule is O=C(OCc1ccccc1)C1CC(=O)N(Cc2ccccc2)C2CCN(Cc3ccccc3)C(=S)N12. The number of hydrogen-bond acceptors (Lipinski definition) is 4. The van der Waals surface area contributed by atoms with Crippen LogP contribution in [-0.4, -0.2) is 50.4 Å². The largest absolute Gasteiger partial charge is 0.459 e. The van der Waals surface area contributed by atoms with E-state index in [0.717, 1.165) is 16.7 Å². The molecule has 0 saturated carbocycles. The Bertz CT molecular complexity index is 1210. The highest BCUT2D eigenvalue weighted by atomic mass is 32.1. The molecule has 0 N–H and O–H groups in total. The average molecular weight is 500 g/mol. The van der Waals surface area contributed by atoms with E-state index >= 15 is 0 Å². The van der Waals surface area contributed by atoms with Gasteiger partial charge in [0.25, 0.3) is 0 Å². The zero-order valence-electron chi connectivity index (χ0n) is 20.0. The fraction of sp³-hybridized carbons (Fsp3) is 0.276. The fourth-order valence-corrected chi connectivity index (χ4v) is 5.34. The lowest BCUT2D eigenvalue weighted by molar-refractivity contribution is -0.165. The monoisotopic (exact) mass is 499 g/mol. The van der Waals surface area contributed by atoms with Gasteiger partial charge in [0.05, 0.1) is 6.42 Å². The van der Waals surface area contributed by atoms with Gasteiger partial charge in [-0.15, -0.1) is 0 Å². The molecule has 0 spiro atoms. The molecule has 2 saturated heterocycles. The van der Waals surface area contributed by atoms with E-state index < -0.39 is 12.0 Å². The molecule has 2 atom stereocenters. The van der Waals surface area contributed by atoms with Crippen molar-refractivity contribution in [1.82, 2.24) is 14.7 Å². The summed E-state index contributed by atoms with van der Waals surface area (Å²) in [4.78, 5) is 32.6. The zero-order valence-corrected chi connectivity index (χ0v) is 20.8. The maximum atomic E-state index is 13.4. The molecule has 6 nitrogen and oxygen atoms in total. The Morgan fingerprint density at radius 2 is 1.39 bits per heavy atom. The molecule has 3 aromatic rings. The summed E-state index contributed by atoms with van der Waals surface area (Å²) >= 11 is 5.96. The van der Waals surface area contributed by atoms with E-state index in [-0.39, 0.29) is 25.1 Å². The second kappa shape index (κ2) is 10.9. The van der Waals surface area contributed by atoms with Crippen molar-refractivity contribution in [2.45, 2.75) is 44.7 Å². The molecular formula is C29H29N3O3S. The number of carbonyl (C=O) groups is 2.